The predicted octanol–water partition coefficient (Wildman–Crippen LogP) is 2.19. The highest BCUT2D eigenvalue weighted by atomic mass is 16.5. The van der Waals surface area contributed by atoms with Crippen molar-refractivity contribution < 1.29 is 14.3 Å². The molecule has 1 heterocycles. The van der Waals surface area contributed by atoms with Crippen LogP contribution in [-0.4, -0.2) is 30.1 Å². The molecule has 1 aromatic rings. The van der Waals surface area contributed by atoms with E-state index in [1.54, 1.807) is 46.0 Å². The van der Waals surface area contributed by atoms with Crippen molar-refractivity contribution in [3.8, 4) is 0 Å². The summed E-state index contributed by atoms with van der Waals surface area (Å²) in [5.74, 6) is -0.438. The summed E-state index contributed by atoms with van der Waals surface area (Å²) in [6.45, 7) is 5.30. The van der Waals surface area contributed by atoms with Crippen LogP contribution in [0.4, 0.5) is 10.5 Å². The summed E-state index contributed by atoms with van der Waals surface area (Å²) >= 11 is 0. The first-order chi connectivity index (χ1) is 10.3. The van der Waals surface area contributed by atoms with Crippen LogP contribution < -0.4 is 11.1 Å². The van der Waals surface area contributed by atoms with Gasteiger partial charge >= 0.3 is 12.0 Å². The number of carbonyl (C=O) groups is 2. The maximum absolute atomic E-state index is 12.5. The molecule has 1 unspecified atom stereocenters. The third kappa shape index (κ3) is 3.05. The van der Waals surface area contributed by atoms with Crippen LogP contribution in [0.1, 0.15) is 32.4 Å². The second-order valence-electron chi connectivity index (χ2n) is 5.56. The quantitative estimate of drug-likeness (QED) is 0.662. The fourth-order valence-electron chi connectivity index (χ4n) is 2.37. The molecule has 1 aliphatic heterocycles. The van der Waals surface area contributed by atoms with Crippen molar-refractivity contribution >= 4 is 17.7 Å². The molecule has 6 heteroatoms. The summed E-state index contributed by atoms with van der Waals surface area (Å²) < 4.78 is 5.32. The Kier molecular flexibility index (Phi) is 4.40. The van der Waals surface area contributed by atoms with Crippen molar-refractivity contribution in [3.05, 3.63) is 41.1 Å². The van der Waals surface area contributed by atoms with E-state index < -0.39 is 12.0 Å². The molecule has 0 fully saturated rings. The van der Waals surface area contributed by atoms with Crippen molar-refractivity contribution in [1.82, 2.24) is 10.2 Å². The van der Waals surface area contributed by atoms with E-state index in [2.05, 4.69) is 5.32 Å². The first-order valence-electron chi connectivity index (χ1n) is 7.12. The van der Waals surface area contributed by atoms with Gasteiger partial charge in [0.25, 0.3) is 0 Å². The Balaban J connectivity index is 2.50. The number of urea groups is 1. The molecule has 2 amide bonds. The number of hydrogen-bond acceptors (Lipinski definition) is 4. The fourth-order valence-corrected chi connectivity index (χ4v) is 2.37. The topological polar surface area (TPSA) is 84.7 Å². The molecule has 1 atom stereocenters. The Morgan fingerprint density at radius 3 is 2.68 bits per heavy atom. The van der Waals surface area contributed by atoms with Crippen LogP contribution in [0.3, 0.4) is 0 Å². The average molecular weight is 303 g/mol. The van der Waals surface area contributed by atoms with Gasteiger partial charge in [-0.2, -0.15) is 0 Å². The number of ether oxygens (including phenoxy) is 1. The monoisotopic (exact) mass is 303 g/mol. The highest BCUT2D eigenvalue weighted by molar-refractivity contribution is 5.95. The number of esters is 1. The van der Waals surface area contributed by atoms with Gasteiger partial charge in [-0.1, -0.05) is 12.1 Å². The van der Waals surface area contributed by atoms with Gasteiger partial charge in [-0.05, 0) is 38.5 Å². The van der Waals surface area contributed by atoms with E-state index in [0.717, 1.165) is 5.56 Å². The van der Waals surface area contributed by atoms with Crippen LogP contribution in [0.5, 0.6) is 0 Å². The summed E-state index contributed by atoms with van der Waals surface area (Å²) in [5, 5.41) is 2.82. The molecule has 22 heavy (non-hydrogen) atoms. The molecule has 2 rings (SSSR count). The maximum Gasteiger partial charge on any atom is 0.338 e. The molecule has 0 spiro atoms. The van der Waals surface area contributed by atoms with Gasteiger partial charge in [0, 0.05) is 18.4 Å². The first-order valence-corrected chi connectivity index (χ1v) is 7.12. The Labute approximate surface area is 129 Å². The van der Waals surface area contributed by atoms with Crippen molar-refractivity contribution in [3.63, 3.8) is 0 Å². The van der Waals surface area contributed by atoms with Gasteiger partial charge in [0.15, 0.2) is 0 Å². The lowest BCUT2D eigenvalue weighted by Crippen LogP contribution is -2.46. The summed E-state index contributed by atoms with van der Waals surface area (Å²) in [5.41, 5.74) is 8.11. The molecule has 0 saturated carbocycles. The van der Waals surface area contributed by atoms with Crippen LogP contribution in [0.25, 0.3) is 0 Å². The number of carbonyl (C=O) groups excluding carboxylic acids is 2. The predicted molar refractivity (Wildman–Crippen MR) is 83.8 cm³/mol. The molecule has 0 aliphatic carbocycles. The Morgan fingerprint density at radius 1 is 1.41 bits per heavy atom. The molecule has 1 aliphatic rings. The zero-order chi connectivity index (χ0) is 16.4. The van der Waals surface area contributed by atoms with Crippen LogP contribution in [0, 0.1) is 0 Å². The molecular weight excluding hydrogens is 282 g/mol. The van der Waals surface area contributed by atoms with Gasteiger partial charge in [0.2, 0.25) is 0 Å². The molecule has 1 aromatic carbocycles. The van der Waals surface area contributed by atoms with Gasteiger partial charge in [-0.15, -0.1) is 0 Å². The summed E-state index contributed by atoms with van der Waals surface area (Å²) in [6, 6.07) is 6.26. The summed E-state index contributed by atoms with van der Waals surface area (Å²) in [4.78, 5) is 25.9. The zero-order valence-corrected chi connectivity index (χ0v) is 13.2. The lowest BCUT2D eigenvalue weighted by Gasteiger charge is -2.33. The smallest absolute Gasteiger partial charge is 0.338 e. The fraction of sp³-hybridized carbons (Fsp3) is 0.375. The van der Waals surface area contributed by atoms with E-state index in [0.29, 0.717) is 17.0 Å². The van der Waals surface area contributed by atoms with Crippen molar-refractivity contribution in [1.29, 1.82) is 0 Å². The van der Waals surface area contributed by atoms with Gasteiger partial charge in [0.05, 0.1) is 17.7 Å². The third-order valence-corrected chi connectivity index (χ3v) is 3.56. The zero-order valence-electron chi connectivity index (χ0n) is 13.2. The van der Waals surface area contributed by atoms with Crippen LogP contribution in [-0.2, 0) is 9.53 Å². The van der Waals surface area contributed by atoms with Crippen molar-refractivity contribution in [2.24, 2.45) is 0 Å². The molecular formula is C16H21N3O3. The molecule has 118 valence electrons. The Hall–Kier alpha value is -2.50. The number of allylic oxidation sites excluding steroid dienone is 1. The Morgan fingerprint density at radius 2 is 2.09 bits per heavy atom. The second-order valence-corrected chi connectivity index (χ2v) is 5.56. The number of nitrogen functional groups attached to an aromatic ring is 1. The SMILES string of the molecule is CC1=C(C(=O)OC(C)C)C(c2cccc(N)c2)NC(=O)N1C. The van der Waals surface area contributed by atoms with E-state index >= 15 is 0 Å². The maximum atomic E-state index is 12.5. The number of amides is 2. The van der Waals surface area contributed by atoms with Gasteiger partial charge in [-0.25, -0.2) is 9.59 Å². The van der Waals surface area contributed by atoms with Crippen molar-refractivity contribution in [2.75, 3.05) is 12.8 Å². The van der Waals surface area contributed by atoms with Crippen LogP contribution in [0.15, 0.2) is 35.5 Å². The number of nitrogens with one attached hydrogen (secondary N) is 1. The summed E-state index contributed by atoms with van der Waals surface area (Å²) in [7, 11) is 1.61. The normalized spacial score (nSPS) is 18.5. The number of benzene rings is 1. The first kappa shape index (κ1) is 15.9. The second kappa shape index (κ2) is 6.09. The summed E-state index contributed by atoms with van der Waals surface area (Å²) in [6.07, 6.45) is -0.239. The highest BCUT2D eigenvalue weighted by Crippen LogP contribution is 2.31. The molecule has 6 nitrogen and oxygen atoms in total. The van der Waals surface area contributed by atoms with Gasteiger partial charge in [-0.3, -0.25) is 0 Å². The van der Waals surface area contributed by atoms with E-state index in [1.165, 1.54) is 4.90 Å². The molecule has 0 bridgehead atoms. The highest BCUT2D eigenvalue weighted by Gasteiger charge is 2.35. The molecule has 0 saturated heterocycles. The van der Waals surface area contributed by atoms with Gasteiger partial charge < -0.3 is 20.7 Å². The van der Waals surface area contributed by atoms with Crippen LogP contribution >= 0.6 is 0 Å². The number of nitrogens with two attached hydrogens (primary N) is 1. The Bertz CT molecular complexity index is 637. The number of rotatable bonds is 3. The van der Waals surface area contributed by atoms with Gasteiger partial charge in [0.1, 0.15) is 0 Å². The standard InChI is InChI=1S/C16H21N3O3/c1-9(2)22-15(20)13-10(3)19(4)16(21)18-14(13)11-6-5-7-12(17)8-11/h5-9,14H,17H2,1-4H3,(H,18,21). The molecule has 0 radical (unpaired) electrons. The third-order valence-electron chi connectivity index (χ3n) is 3.56. The average Bonchev–Trinajstić information content (AvgIpc) is 2.43. The lowest BCUT2D eigenvalue weighted by atomic mass is 9.94. The van der Waals surface area contributed by atoms with E-state index in [4.69, 9.17) is 10.5 Å². The molecule has 3 N–H and O–H groups in total. The lowest BCUT2D eigenvalue weighted by molar-refractivity contribution is -0.143. The number of nitrogens with zero attached hydrogens (tertiary/aromatic N) is 1. The van der Waals surface area contributed by atoms with E-state index in [1.807, 2.05) is 6.07 Å². The minimum atomic E-state index is -0.571. The van der Waals surface area contributed by atoms with Crippen molar-refractivity contribution in [2.45, 2.75) is 32.9 Å². The minimum Gasteiger partial charge on any atom is -0.459 e. The largest absolute Gasteiger partial charge is 0.459 e. The van der Waals surface area contributed by atoms with E-state index in [9.17, 15) is 9.59 Å². The van der Waals surface area contributed by atoms with Crippen LogP contribution in [0.2, 0.25) is 0 Å². The minimum absolute atomic E-state index is 0.239. The molecule has 0 aromatic heterocycles. The number of anilines is 1. The number of hydrogen-bond donors (Lipinski definition) is 2. The van der Waals surface area contributed by atoms with E-state index in [-0.39, 0.29) is 12.1 Å².